The quantitative estimate of drug-likeness (QED) is 0.375. The standard InChI is InChI=1S/C31H36N2O5/c1-22(2)19-32-31(35)27(17-23-8-5-4-6-9-23)33(20-25-10-7-11-26(16-25)36-3)30(34)15-13-24-12-14-28-29(18-24)38-21-37-28/h4-12,14,16,18,22,27H,13,15,17,19-21H2,1-3H3,(H,32,35)/t27-/m0/s1. The number of ether oxygens (including phenoxy) is 3. The van der Waals surface area contributed by atoms with Gasteiger partial charge in [0.1, 0.15) is 11.8 Å². The van der Waals surface area contributed by atoms with Crippen LogP contribution in [0.4, 0.5) is 0 Å². The van der Waals surface area contributed by atoms with Gasteiger partial charge in [-0.2, -0.15) is 0 Å². The summed E-state index contributed by atoms with van der Waals surface area (Å²) in [5, 5.41) is 3.06. The molecule has 200 valence electrons. The lowest BCUT2D eigenvalue weighted by Gasteiger charge is -2.32. The Hall–Kier alpha value is -4.00. The number of aryl methyl sites for hydroxylation is 1. The zero-order chi connectivity index (χ0) is 26.9. The minimum absolute atomic E-state index is 0.0916. The number of amides is 2. The van der Waals surface area contributed by atoms with Crippen LogP contribution in [0, 0.1) is 5.92 Å². The predicted molar refractivity (Wildman–Crippen MR) is 146 cm³/mol. The van der Waals surface area contributed by atoms with E-state index in [2.05, 4.69) is 19.2 Å². The van der Waals surface area contributed by atoms with Gasteiger partial charge in [0.25, 0.3) is 0 Å². The summed E-state index contributed by atoms with van der Waals surface area (Å²) in [6, 6.07) is 22.5. The maximum atomic E-state index is 13.8. The molecular weight excluding hydrogens is 480 g/mol. The fourth-order valence-corrected chi connectivity index (χ4v) is 4.44. The number of nitrogens with one attached hydrogen (secondary N) is 1. The number of carbonyl (C=O) groups is 2. The first kappa shape index (κ1) is 27.0. The van der Waals surface area contributed by atoms with E-state index < -0.39 is 6.04 Å². The van der Waals surface area contributed by atoms with E-state index in [1.54, 1.807) is 12.0 Å². The van der Waals surface area contributed by atoms with Gasteiger partial charge in [0, 0.05) is 25.9 Å². The van der Waals surface area contributed by atoms with Crippen molar-refractivity contribution in [2.24, 2.45) is 5.92 Å². The Bertz CT molecular complexity index is 1230. The summed E-state index contributed by atoms with van der Waals surface area (Å²) in [7, 11) is 1.62. The van der Waals surface area contributed by atoms with Crippen LogP contribution in [-0.2, 0) is 29.0 Å². The summed E-state index contributed by atoms with van der Waals surface area (Å²) >= 11 is 0. The topological polar surface area (TPSA) is 77.1 Å². The first-order valence-electron chi connectivity index (χ1n) is 13.1. The second-order valence-electron chi connectivity index (χ2n) is 9.91. The van der Waals surface area contributed by atoms with Crippen molar-refractivity contribution in [3.8, 4) is 17.2 Å². The van der Waals surface area contributed by atoms with E-state index >= 15 is 0 Å². The minimum Gasteiger partial charge on any atom is -0.497 e. The Labute approximate surface area is 224 Å². The van der Waals surface area contributed by atoms with Gasteiger partial charge in [-0.25, -0.2) is 0 Å². The molecule has 1 atom stereocenters. The molecule has 3 aromatic carbocycles. The summed E-state index contributed by atoms with van der Waals surface area (Å²) < 4.78 is 16.3. The minimum atomic E-state index is -0.661. The highest BCUT2D eigenvalue weighted by molar-refractivity contribution is 5.88. The van der Waals surface area contributed by atoms with Gasteiger partial charge in [-0.15, -0.1) is 0 Å². The van der Waals surface area contributed by atoms with Gasteiger partial charge in [0.2, 0.25) is 18.6 Å². The molecule has 3 aromatic rings. The van der Waals surface area contributed by atoms with Crippen LogP contribution in [0.1, 0.15) is 37.0 Å². The summed E-state index contributed by atoms with van der Waals surface area (Å²) in [6.07, 6.45) is 1.20. The molecule has 1 N–H and O–H groups in total. The monoisotopic (exact) mass is 516 g/mol. The highest BCUT2D eigenvalue weighted by atomic mass is 16.7. The second kappa shape index (κ2) is 13.0. The van der Waals surface area contributed by atoms with Crippen LogP contribution in [-0.4, -0.2) is 43.2 Å². The summed E-state index contributed by atoms with van der Waals surface area (Å²) in [5.74, 6) is 2.17. The molecule has 2 amide bonds. The number of hydrogen-bond acceptors (Lipinski definition) is 5. The normalized spacial score (nSPS) is 12.7. The van der Waals surface area contributed by atoms with Crippen molar-refractivity contribution in [3.63, 3.8) is 0 Å². The number of methoxy groups -OCH3 is 1. The number of nitrogens with zero attached hydrogens (tertiary/aromatic N) is 1. The van der Waals surface area contributed by atoms with Crippen LogP contribution >= 0.6 is 0 Å². The largest absolute Gasteiger partial charge is 0.497 e. The first-order chi connectivity index (χ1) is 18.4. The molecule has 7 nitrogen and oxygen atoms in total. The molecule has 7 heteroatoms. The van der Waals surface area contributed by atoms with Gasteiger partial charge >= 0.3 is 0 Å². The van der Waals surface area contributed by atoms with Gasteiger partial charge in [-0.1, -0.05) is 62.4 Å². The highest BCUT2D eigenvalue weighted by Crippen LogP contribution is 2.33. The Morgan fingerprint density at radius 2 is 1.68 bits per heavy atom. The maximum absolute atomic E-state index is 13.8. The Morgan fingerprint density at radius 1 is 0.921 bits per heavy atom. The Kier molecular flexibility index (Phi) is 9.25. The average molecular weight is 517 g/mol. The summed E-state index contributed by atoms with van der Waals surface area (Å²) in [5.41, 5.74) is 2.87. The number of rotatable bonds is 12. The molecule has 0 unspecified atom stereocenters. The van der Waals surface area contributed by atoms with Crippen LogP contribution in [0.15, 0.2) is 72.8 Å². The first-order valence-corrected chi connectivity index (χ1v) is 13.1. The zero-order valence-electron chi connectivity index (χ0n) is 22.3. The fourth-order valence-electron chi connectivity index (χ4n) is 4.44. The average Bonchev–Trinajstić information content (AvgIpc) is 3.41. The molecular formula is C31H36N2O5. The van der Waals surface area contributed by atoms with Crippen molar-refractivity contribution in [1.82, 2.24) is 10.2 Å². The van der Waals surface area contributed by atoms with Crippen LogP contribution in [0.5, 0.6) is 17.2 Å². The molecule has 1 heterocycles. The number of hydrogen-bond donors (Lipinski definition) is 1. The second-order valence-corrected chi connectivity index (χ2v) is 9.91. The smallest absolute Gasteiger partial charge is 0.243 e. The molecule has 0 aromatic heterocycles. The van der Waals surface area contributed by atoms with Crippen LogP contribution in [0.3, 0.4) is 0 Å². The third-order valence-electron chi connectivity index (χ3n) is 6.51. The van der Waals surface area contributed by atoms with Crippen molar-refractivity contribution in [2.75, 3.05) is 20.4 Å². The lowest BCUT2D eigenvalue weighted by molar-refractivity contribution is -0.141. The third kappa shape index (κ3) is 7.28. The van der Waals surface area contributed by atoms with Crippen molar-refractivity contribution in [1.29, 1.82) is 0 Å². The molecule has 0 spiro atoms. The van der Waals surface area contributed by atoms with Crippen molar-refractivity contribution in [2.45, 2.75) is 45.7 Å². The van der Waals surface area contributed by atoms with E-state index in [1.165, 1.54) is 0 Å². The highest BCUT2D eigenvalue weighted by Gasteiger charge is 2.30. The number of carbonyl (C=O) groups excluding carboxylic acids is 2. The number of benzene rings is 3. The van der Waals surface area contributed by atoms with E-state index in [0.29, 0.717) is 49.1 Å². The molecule has 0 saturated heterocycles. The van der Waals surface area contributed by atoms with Gasteiger partial charge in [0.15, 0.2) is 11.5 Å². The predicted octanol–water partition coefficient (Wildman–Crippen LogP) is 4.77. The van der Waals surface area contributed by atoms with E-state index in [-0.39, 0.29) is 25.0 Å². The molecule has 0 bridgehead atoms. The van der Waals surface area contributed by atoms with Crippen molar-refractivity contribution in [3.05, 3.63) is 89.5 Å². The third-order valence-corrected chi connectivity index (χ3v) is 6.51. The molecule has 1 aliphatic heterocycles. The maximum Gasteiger partial charge on any atom is 0.243 e. The van der Waals surface area contributed by atoms with Gasteiger partial charge in [-0.05, 0) is 53.3 Å². The zero-order valence-corrected chi connectivity index (χ0v) is 22.3. The lowest BCUT2D eigenvalue weighted by atomic mass is 10.0. The van der Waals surface area contributed by atoms with Crippen LogP contribution < -0.4 is 19.5 Å². The van der Waals surface area contributed by atoms with Crippen LogP contribution in [0.25, 0.3) is 0 Å². The van der Waals surface area contributed by atoms with Crippen LogP contribution in [0.2, 0.25) is 0 Å². The van der Waals surface area contributed by atoms with Gasteiger partial charge in [0.05, 0.1) is 7.11 Å². The molecule has 0 radical (unpaired) electrons. The van der Waals surface area contributed by atoms with E-state index in [9.17, 15) is 9.59 Å². The van der Waals surface area contributed by atoms with Gasteiger partial charge in [-0.3, -0.25) is 9.59 Å². The Morgan fingerprint density at radius 3 is 2.45 bits per heavy atom. The van der Waals surface area contributed by atoms with E-state index in [4.69, 9.17) is 14.2 Å². The molecule has 1 aliphatic rings. The lowest BCUT2D eigenvalue weighted by Crippen LogP contribution is -2.51. The van der Waals surface area contributed by atoms with E-state index in [0.717, 1.165) is 16.7 Å². The SMILES string of the molecule is COc1cccc(CN(C(=O)CCc2ccc3c(c2)OCO3)[C@@H](Cc2ccccc2)C(=O)NCC(C)C)c1. The van der Waals surface area contributed by atoms with Gasteiger partial charge < -0.3 is 24.4 Å². The molecule has 0 fully saturated rings. The molecule has 0 aliphatic carbocycles. The van der Waals surface area contributed by atoms with E-state index in [1.807, 2.05) is 72.8 Å². The fraction of sp³-hybridized carbons (Fsp3) is 0.355. The molecule has 0 saturated carbocycles. The molecule has 38 heavy (non-hydrogen) atoms. The summed E-state index contributed by atoms with van der Waals surface area (Å²) in [6.45, 7) is 5.15. The Balaban J connectivity index is 1.60. The van der Waals surface area contributed by atoms with Crippen molar-refractivity contribution < 1.29 is 23.8 Å². The molecule has 4 rings (SSSR count). The summed E-state index contributed by atoms with van der Waals surface area (Å²) in [4.78, 5) is 29.1. The number of fused-ring (bicyclic) bond motifs is 1. The van der Waals surface area contributed by atoms with Crippen molar-refractivity contribution >= 4 is 11.8 Å².